The number of carbonyl (C=O) groups is 1. The van der Waals surface area contributed by atoms with Crippen molar-refractivity contribution < 1.29 is 4.79 Å². The molecule has 1 amide bonds. The predicted molar refractivity (Wildman–Crippen MR) is 147 cm³/mol. The molecular weight excluding hydrogens is 430 g/mol. The lowest BCUT2D eigenvalue weighted by atomic mass is 9.90. The molecule has 4 aromatic rings. The molecule has 0 unspecified atom stereocenters. The SMILES string of the molecule is CC=C/C(=C\c1cc(-c2ccccc2)[nH]c1C)NC(=O)c1cc(N)c(C)c(-c2ccccc2)c1C. The molecule has 4 heteroatoms. The number of hydrogen-bond acceptors (Lipinski definition) is 2. The standard InChI is InChI=1S/C31H31N3O/c1-5-12-26(17-25-18-29(33-22(25)4)23-13-8-6-9-14-23)34-31(35)27-19-28(32)21(3)30(20(27)2)24-15-10-7-11-16-24/h5-19,33H,32H2,1-4H3,(H,34,35)/b12-5?,26-17+. The van der Waals surface area contributed by atoms with E-state index in [1.165, 1.54) is 0 Å². The van der Waals surface area contributed by atoms with Crippen LogP contribution in [0.15, 0.2) is 90.6 Å². The van der Waals surface area contributed by atoms with E-state index in [9.17, 15) is 4.79 Å². The van der Waals surface area contributed by atoms with Crippen molar-refractivity contribution in [2.24, 2.45) is 0 Å². The van der Waals surface area contributed by atoms with Gasteiger partial charge in [-0.3, -0.25) is 4.79 Å². The maximum Gasteiger partial charge on any atom is 0.256 e. The molecule has 3 aromatic carbocycles. The number of carbonyl (C=O) groups excluding carboxylic acids is 1. The first-order valence-electron chi connectivity index (χ1n) is 11.7. The van der Waals surface area contributed by atoms with Crippen molar-refractivity contribution in [1.29, 1.82) is 0 Å². The van der Waals surface area contributed by atoms with Crippen molar-refractivity contribution in [2.45, 2.75) is 27.7 Å². The molecular formula is C31H31N3O. The molecule has 0 radical (unpaired) electrons. The Morgan fingerprint density at radius 1 is 0.886 bits per heavy atom. The van der Waals surface area contributed by atoms with E-state index in [0.29, 0.717) is 16.9 Å². The molecule has 176 valence electrons. The Morgan fingerprint density at radius 3 is 2.14 bits per heavy atom. The van der Waals surface area contributed by atoms with Crippen LogP contribution in [-0.4, -0.2) is 10.9 Å². The van der Waals surface area contributed by atoms with E-state index in [1.54, 1.807) is 6.07 Å². The van der Waals surface area contributed by atoms with Gasteiger partial charge in [0.25, 0.3) is 5.91 Å². The van der Waals surface area contributed by atoms with Gasteiger partial charge in [0.1, 0.15) is 0 Å². The molecule has 0 atom stereocenters. The van der Waals surface area contributed by atoms with Crippen LogP contribution in [0.25, 0.3) is 28.5 Å². The van der Waals surface area contributed by atoms with E-state index in [2.05, 4.69) is 28.5 Å². The molecule has 4 rings (SSSR count). The fourth-order valence-electron chi connectivity index (χ4n) is 4.37. The van der Waals surface area contributed by atoms with Gasteiger partial charge in [-0.1, -0.05) is 66.7 Å². The molecule has 0 saturated heterocycles. The molecule has 1 heterocycles. The third kappa shape index (κ3) is 5.12. The molecule has 1 aromatic heterocycles. The molecule has 0 aliphatic rings. The minimum Gasteiger partial charge on any atom is -0.398 e. The zero-order valence-electron chi connectivity index (χ0n) is 20.6. The number of amides is 1. The minimum atomic E-state index is -0.188. The maximum absolute atomic E-state index is 13.5. The van der Waals surface area contributed by atoms with Crippen LogP contribution in [0.1, 0.15) is 39.7 Å². The topological polar surface area (TPSA) is 70.9 Å². The monoisotopic (exact) mass is 461 g/mol. The molecule has 0 spiro atoms. The summed E-state index contributed by atoms with van der Waals surface area (Å²) in [5.74, 6) is -0.188. The van der Waals surface area contributed by atoms with Crippen LogP contribution >= 0.6 is 0 Å². The number of nitrogens with one attached hydrogen (secondary N) is 2. The van der Waals surface area contributed by atoms with Gasteiger partial charge in [0.15, 0.2) is 0 Å². The van der Waals surface area contributed by atoms with E-state index < -0.39 is 0 Å². The number of H-pyrrole nitrogens is 1. The lowest BCUT2D eigenvalue weighted by Crippen LogP contribution is -2.23. The maximum atomic E-state index is 13.5. The highest BCUT2D eigenvalue weighted by Gasteiger charge is 2.18. The van der Waals surface area contributed by atoms with Gasteiger partial charge in [0.05, 0.1) is 0 Å². The van der Waals surface area contributed by atoms with Gasteiger partial charge in [-0.25, -0.2) is 0 Å². The summed E-state index contributed by atoms with van der Waals surface area (Å²) in [7, 11) is 0. The summed E-state index contributed by atoms with van der Waals surface area (Å²) in [6.45, 7) is 7.94. The molecule has 0 fully saturated rings. The predicted octanol–water partition coefficient (Wildman–Crippen LogP) is 7.20. The van der Waals surface area contributed by atoms with Crippen molar-refractivity contribution in [2.75, 3.05) is 5.73 Å². The highest BCUT2D eigenvalue weighted by Crippen LogP contribution is 2.33. The smallest absolute Gasteiger partial charge is 0.256 e. The van der Waals surface area contributed by atoms with Gasteiger partial charge in [-0.15, -0.1) is 0 Å². The lowest BCUT2D eigenvalue weighted by Gasteiger charge is -2.17. The first-order valence-corrected chi connectivity index (χ1v) is 11.7. The first-order chi connectivity index (χ1) is 16.9. The van der Waals surface area contributed by atoms with Gasteiger partial charge in [0.2, 0.25) is 0 Å². The third-order valence-electron chi connectivity index (χ3n) is 6.25. The quantitative estimate of drug-likeness (QED) is 0.210. The number of anilines is 1. The zero-order chi connectivity index (χ0) is 24.9. The van der Waals surface area contributed by atoms with E-state index >= 15 is 0 Å². The van der Waals surface area contributed by atoms with Crippen LogP contribution in [0, 0.1) is 20.8 Å². The number of allylic oxidation sites excluding steroid dienone is 2. The molecule has 0 saturated carbocycles. The second-order valence-electron chi connectivity index (χ2n) is 8.69. The third-order valence-corrected chi connectivity index (χ3v) is 6.25. The Bertz CT molecular complexity index is 1410. The summed E-state index contributed by atoms with van der Waals surface area (Å²) in [5, 5.41) is 3.09. The van der Waals surface area contributed by atoms with Gasteiger partial charge >= 0.3 is 0 Å². The van der Waals surface area contributed by atoms with Gasteiger partial charge in [-0.05, 0) is 85.4 Å². The van der Waals surface area contributed by atoms with Gasteiger partial charge in [0, 0.05) is 28.3 Å². The normalized spacial score (nSPS) is 11.7. The van der Waals surface area contributed by atoms with E-state index in [-0.39, 0.29) is 5.91 Å². The van der Waals surface area contributed by atoms with Crippen LogP contribution in [0.4, 0.5) is 5.69 Å². The van der Waals surface area contributed by atoms with E-state index in [4.69, 9.17) is 5.73 Å². The Labute approximate surface area is 207 Å². The van der Waals surface area contributed by atoms with Crippen LogP contribution in [-0.2, 0) is 0 Å². The second-order valence-corrected chi connectivity index (χ2v) is 8.69. The number of aromatic amines is 1. The number of nitrogens with two attached hydrogens (primary N) is 1. The number of aryl methyl sites for hydroxylation is 1. The number of nitrogen functional groups attached to an aromatic ring is 1. The van der Waals surface area contributed by atoms with Crippen LogP contribution < -0.4 is 11.1 Å². The summed E-state index contributed by atoms with van der Waals surface area (Å²) in [6.07, 6.45) is 5.80. The van der Waals surface area contributed by atoms with Crippen LogP contribution in [0.3, 0.4) is 0 Å². The van der Waals surface area contributed by atoms with Gasteiger partial charge in [-0.2, -0.15) is 0 Å². The molecule has 0 bridgehead atoms. The summed E-state index contributed by atoms with van der Waals surface area (Å²) in [6, 6.07) is 24.1. The number of hydrogen-bond donors (Lipinski definition) is 3. The summed E-state index contributed by atoms with van der Waals surface area (Å²) < 4.78 is 0. The Balaban J connectivity index is 1.69. The Morgan fingerprint density at radius 2 is 1.51 bits per heavy atom. The average Bonchev–Trinajstić information content (AvgIpc) is 3.23. The Hall–Kier alpha value is -4.31. The van der Waals surface area contributed by atoms with Crippen molar-refractivity contribution in [3.8, 4) is 22.4 Å². The minimum absolute atomic E-state index is 0.188. The first kappa shape index (κ1) is 23.8. The number of aromatic nitrogens is 1. The number of rotatable bonds is 6. The average molecular weight is 462 g/mol. The van der Waals surface area contributed by atoms with Gasteiger partial charge < -0.3 is 16.0 Å². The lowest BCUT2D eigenvalue weighted by molar-refractivity contribution is 0.0967. The molecule has 35 heavy (non-hydrogen) atoms. The highest BCUT2D eigenvalue weighted by molar-refractivity contribution is 6.01. The van der Waals surface area contributed by atoms with E-state index in [1.807, 2.05) is 94.5 Å². The fraction of sp³-hybridized carbons (Fsp3) is 0.129. The van der Waals surface area contributed by atoms with Crippen LogP contribution in [0.5, 0.6) is 0 Å². The van der Waals surface area contributed by atoms with Crippen molar-refractivity contribution >= 4 is 17.7 Å². The molecule has 0 aliphatic heterocycles. The Kier molecular flexibility index (Phi) is 7.02. The van der Waals surface area contributed by atoms with E-state index in [0.717, 1.165) is 44.8 Å². The zero-order valence-corrected chi connectivity index (χ0v) is 20.6. The number of benzene rings is 3. The molecule has 4 N–H and O–H groups in total. The summed E-state index contributed by atoms with van der Waals surface area (Å²) in [5.41, 5.74) is 16.4. The van der Waals surface area contributed by atoms with Crippen molar-refractivity contribution in [1.82, 2.24) is 10.3 Å². The largest absolute Gasteiger partial charge is 0.398 e. The fourth-order valence-corrected chi connectivity index (χ4v) is 4.37. The summed E-state index contributed by atoms with van der Waals surface area (Å²) in [4.78, 5) is 16.9. The second kappa shape index (κ2) is 10.3. The molecule has 4 nitrogen and oxygen atoms in total. The van der Waals surface area contributed by atoms with Crippen molar-refractivity contribution in [3.63, 3.8) is 0 Å². The molecule has 0 aliphatic carbocycles. The summed E-state index contributed by atoms with van der Waals surface area (Å²) >= 11 is 0. The van der Waals surface area contributed by atoms with Crippen molar-refractivity contribution in [3.05, 3.63) is 119 Å². The highest BCUT2D eigenvalue weighted by atomic mass is 16.1. The van der Waals surface area contributed by atoms with Crippen LogP contribution in [0.2, 0.25) is 0 Å².